The van der Waals surface area contributed by atoms with Gasteiger partial charge in [0, 0.05) is 16.6 Å². The molecule has 0 radical (unpaired) electrons. The first-order chi connectivity index (χ1) is 6.16. The van der Waals surface area contributed by atoms with Gasteiger partial charge in [-0.3, -0.25) is 4.79 Å². The average molecular weight is 240 g/mol. The van der Waals surface area contributed by atoms with Gasteiger partial charge in [-0.2, -0.15) is 0 Å². The smallest absolute Gasteiger partial charge is 0.224 e. The quantitative estimate of drug-likeness (QED) is 0.742. The third kappa shape index (κ3) is 1.61. The van der Waals surface area contributed by atoms with E-state index in [0.717, 1.165) is 10.2 Å². The highest BCUT2D eigenvalue weighted by Crippen LogP contribution is 2.33. The Morgan fingerprint density at radius 2 is 2.31 bits per heavy atom. The molecule has 0 aliphatic carbocycles. The molecule has 1 N–H and O–H groups in total. The predicted molar refractivity (Wildman–Crippen MR) is 55.8 cm³/mol. The first kappa shape index (κ1) is 8.75. The number of carbonyl (C=O) groups is 1. The van der Waals surface area contributed by atoms with E-state index in [1.807, 2.05) is 12.1 Å². The zero-order valence-electron chi connectivity index (χ0n) is 7.30. The number of halogens is 1. The normalized spacial score (nSPS) is 20.8. The van der Waals surface area contributed by atoms with Crippen LogP contribution in [0, 0.1) is 0 Å². The van der Waals surface area contributed by atoms with Crippen molar-refractivity contribution >= 4 is 27.5 Å². The molecule has 0 unspecified atom stereocenters. The Hall–Kier alpha value is -0.830. The van der Waals surface area contributed by atoms with Crippen molar-refractivity contribution < 1.29 is 4.79 Å². The molecule has 0 aromatic heterocycles. The number of benzene rings is 1. The summed E-state index contributed by atoms with van der Waals surface area (Å²) in [7, 11) is 0. The summed E-state index contributed by atoms with van der Waals surface area (Å²) in [6, 6.07) is 5.95. The van der Waals surface area contributed by atoms with Crippen LogP contribution < -0.4 is 5.32 Å². The zero-order chi connectivity index (χ0) is 9.42. The summed E-state index contributed by atoms with van der Waals surface area (Å²) in [5, 5.41) is 2.86. The number of fused-ring (bicyclic) bond motifs is 1. The van der Waals surface area contributed by atoms with Crippen LogP contribution in [0.5, 0.6) is 0 Å². The molecule has 1 atom stereocenters. The minimum absolute atomic E-state index is 0.113. The van der Waals surface area contributed by atoms with Crippen molar-refractivity contribution in [2.24, 2.45) is 0 Å². The number of carbonyl (C=O) groups excluding carboxylic acids is 1. The van der Waals surface area contributed by atoms with Crippen LogP contribution in [0.1, 0.15) is 24.8 Å². The van der Waals surface area contributed by atoms with Gasteiger partial charge in [-0.25, -0.2) is 0 Å². The molecule has 1 aromatic rings. The van der Waals surface area contributed by atoms with Gasteiger partial charge in [-0.05, 0) is 29.7 Å². The molecule has 1 aliphatic heterocycles. The second kappa shape index (κ2) is 3.14. The van der Waals surface area contributed by atoms with Crippen molar-refractivity contribution in [2.45, 2.75) is 19.3 Å². The average Bonchev–Trinajstić information content (AvgIpc) is 2.06. The fourth-order valence-electron chi connectivity index (χ4n) is 1.64. The van der Waals surface area contributed by atoms with Gasteiger partial charge in [0.25, 0.3) is 0 Å². The Kier molecular flexibility index (Phi) is 2.12. The lowest BCUT2D eigenvalue weighted by atomic mass is 9.92. The van der Waals surface area contributed by atoms with Crippen molar-refractivity contribution in [3.8, 4) is 0 Å². The van der Waals surface area contributed by atoms with E-state index in [1.165, 1.54) is 5.56 Å². The fourth-order valence-corrected chi connectivity index (χ4v) is 2.02. The number of anilines is 1. The summed E-state index contributed by atoms with van der Waals surface area (Å²) < 4.78 is 1.06. The lowest BCUT2D eigenvalue weighted by molar-refractivity contribution is -0.116. The molecule has 0 spiro atoms. The number of amides is 1. The maximum absolute atomic E-state index is 11.2. The third-order valence-corrected chi connectivity index (χ3v) is 2.80. The van der Waals surface area contributed by atoms with E-state index < -0.39 is 0 Å². The van der Waals surface area contributed by atoms with Gasteiger partial charge in [0.2, 0.25) is 5.91 Å². The van der Waals surface area contributed by atoms with E-state index >= 15 is 0 Å². The van der Waals surface area contributed by atoms with E-state index in [1.54, 1.807) is 0 Å². The topological polar surface area (TPSA) is 29.1 Å². The standard InChI is InChI=1S/C10H10BrNO/c1-6-4-10(13)12-9-3-2-7(11)5-8(6)9/h2-3,5-6H,4H2,1H3,(H,12,13)/t6-/m1/s1. The minimum Gasteiger partial charge on any atom is -0.326 e. The zero-order valence-corrected chi connectivity index (χ0v) is 8.89. The molecule has 0 bridgehead atoms. The van der Waals surface area contributed by atoms with Crippen LogP contribution in [-0.4, -0.2) is 5.91 Å². The first-order valence-electron chi connectivity index (χ1n) is 4.26. The Labute approximate surface area is 85.5 Å². The van der Waals surface area contributed by atoms with E-state index in [9.17, 15) is 4.79 Å². The first-order valence-corrected chi connectivity index (χ1v) is 5.05. The Morgan fingerprint density at radius 3 is 3.08 bits per heavy atom. The van der Waals surface area contributed by atoms with E-state index in [4.69, 9.17) is 0 Å². The van der Waals surface area contributed by atoms with E-state index in [-0.39, 0.29) is 5.91 Å². The number of nitrogens with one attached hydrogen (secondary N) is 1. The molecule has 1 aromatic carbocycles. The highest BCUT2D eigenvalue weighted by atomic mass is 79.9. The molecule has 2 nitrogen and oxygen atoms in total. The van der Waals surface area contributed by atoms with Crippen molar-refractivity contribution in [2.75, 3.05) is 5.32 Å². The second-order valence-electron chi connectivity index (χ2n) is 3.38. The van der Waals surface area contributed by atoms with Crippen LogP contribution in [-0.2, 0) is 4.79 Å². The maximum Gasteiger partial charge on any atom is 0.224 e. The molecule has 1 heterocycles. The number of rotatable bonds is 0. The highest BCUT2D eigenvalue weighted by Gasteiger charge is 2.21. The minimum atomic E-state index is 0.113. The molecule has 1 aliphatic rings. The van der Waals surface area contributed by atoms with Crippen molar-refractivity contribution in [3.05, 3.63) is 28.2 Å². The van der Waals surface area contributed by atoms with Gasteiger partial charge < -0.3 is 5.32 Å². The molecule has 0 saturated heterocycles. The molecular formula is C10H10BrNO. The van der Waals surface area contributed by atoms with Crippen LogP contribution in [0.25, 0.3) is 0 Å². The maximum atomic E-state index is 11.2. The molecule has 2 rings (SSSR count). The van der Waals surface area contributed by atoms with Gasteiger partial charge in [-0.15, -0.1) is 0 Å². The Bertz CT molecular complexity index is 362. The van der Waals surface area contributed by atoms with Crippen LogP contribution in [0.4, 0.5) is 5.69 Å². The molecule has 1 amide bonds. The van der Waals surface area contributed by atoms with Crippen molar-refractivity contribution in [1.29, 1.82) is 0 Å². The molecule has 3 heteroatoms. The molecule has 0 fully saturated rings. The van der Waals surface area contributed by atoms with Crippen LogP contribution in [0.15, 0.2) is 22.7 Å². The molecule has 0 saturated carbocycles. The number of hydrogen-bond acceptors (Lipinski definition) is 1. The largest absolute Gasteiger partial charge is 0.326 e. The summed E-state index contributed by atoms with van der Waals surface area (Å²) in [5.74, 6) is 0.434. The summed E-state index contributed by atoms with van der Waals surface area (Å²) in [6.07, 6.45) is 0.587. The van der Waals surface area contributed by atoms with Crippen LogP contribution >= 0.6 is 15.9 Å². The fraction of sp³-hybridized carbons (Fsp3) is 0.300. The molecule has 13 heavy (non-hydrogen) atoms. The van der Waals surface area contributed by atoms with E-state index in [2.05, 4.69) is 34.2 Å². The summed E-state index contributed by atoms with van der Waals surface area (Å²) in [6.45, 7) is 2.07. The third-order valence-electron chi connectivity index (χ3n) is 2.31. The highest BCUT2D eigenvalue weighted by molar-refractivity contribution is 9.10. The second-order valence-corrected chi connectivity index (χ2v) is 4.30. The van der Waals surface area contributed by atoms with Gasteiger partial charge in [0.05, 0.1) is 0 Å². The van der Waals surface area contributed by atoms with Gasteiger partial charge in [0.15, 0.2) is 0 Å². The van der Waals surface area contributed by atoms with E-state index in [0.29, 0.717) is 12.3 Å². The lowest BCUT2D eigenvalue weighted by Crippen LogP contribution is -2.21. The van der Waals surface area contributed by atoms with Crippen LogP contribution in [0.3, 0.4) is 0 Å². The summed E-state index contributed by atoms with van der Waals surface area (Å²) in [4.78, 5) is 11.2. The molecular weight excluding hydrogens is 230 g/mol. The van der Waals surface area contributed by atoms with Crippen LogP contribution in [0.2, 0.25) is 0 Å². The Balaban J connectivity index is 2.49. The Morgan fingerprint density at radius 1 is 1.54 bits per heavy atom. The predicted octanol–water partition coefficient (Wildman–Crippen LogP) is 2.89. The summed E-state index contributed by atoms with van der Waals surface area (Å²) >= 11 is 3.42. The monoisotopic (exact) mass is 239 g/mol. The van der Waals surface area contributed by atoms with Gasteiger partial charge >= 0.3 is 0 Å². The molecule has 68 valence electrons. The SMILES string of the molecule is C[C@@H]1CC(=O)Nc2ccc(Br)cc21. The van der Waals surface area contributed by atoms with Crippen molar-refractivity contribution in [1.82, 2.24) is 0 Å². The number of hydrogen-bond donors (Lipinski definition) is 1. The van der Waals surface area contributed by atoms with Gasteiger partial charge in [0.1, 0.15) is 0 Å². The van der Waals surface area contributed by atoms with Gasteiger partial charge in [-0.1, -0.05) is 22.9 Å². The lowest BCUT2D eigenvalue weighted by Gasteiger charge is -2.22. The summed E-state index contributed by atoms with van der Waals surface area (Å²) in [5.41, 5.74) is 2.17. The van der Waals surface area contributed by atoms with Crippen molar-refractivity contribution in [3.63, 3.8) is 0 Å².